The maximum absolute atomic E-state index is 12.2. The second-order valence-electron chi connectivity index (χ2n) is 5.97. The van der Waals surface area contributed by atoms with E-state index in [9.17, 15) is 4.79 Å². The number of rotatable bonds is 10. The highest BCUT2D eigenvalue weighted by Crippen LogP contribution is 2.15. The lowest BCUT2D eigenvalue weighted by molar-refractivity contribution is 0.0952. The Morgan fingerprint density at radius 2 is 1.75 bits per heavy atom. The number of hydrogen-bond donors (Lipinski definition) is 1. The van der Waals surface area contributed by atoms with Gasteiger partial charge < -0.3 is 10.1 Å². The molecule has 0 radical (unpaired) electrons. The molecule has 0 unspecified atom stereocenters. The molecule has 0 fully saturated rings. The van der Waals surface area contributed by atoms with Gasteiger partial charge in [-0.1, -0.05) is 69.0 Å². The third-order valence-electron chi connectivity index (χ3n) is 3.91. The molecule has 0 saturated carbocycles. The first kappa shape index (κ1) is 18.1. The van der Waals surface area contributed by atoms with Crippen LogP contribution in [0.5, 0.6) is 5.75 Å². The molecular weight excluding hydrogens is 298 g/mol. The van der Waals surface area contributed by atoms with Crippen LogP contribution in [0.15, 0.2) is 54.6 Å². The molecule has 0 aliphatic heterocycles. The summed E-state index contributed by atoms with van der Waals surface area (Å²) in [7, 11) is 0. The minimum absolute atomic E-state index is 0.0318. The summed E-state index contributed by atoms with van der Waals surface area (Å²) < 4.78 is 5.77. The first-order valence-electron chi connectivity index (χ1n) is 8.84. The molecule has 2 aromatic rings. The zero-order valence-electron chi connectivity index (χ0n) is 14.5. The second-order valence-corrected chi connectivity index (χ2v) is 5.97. The van der Waals surface area contributed by atoms with Crippen molar-refractivity contribution in [3.8, 4) is 5.75 Å². The van der Waals surface area contributed by atoms with Crippen LogP contribution in [-0.2, 0) is 6.61 Å². The molecule has 0 aliphatic carbocycles. The van der Waals surface area contributed by atoms with Crippen molar-refractivity contribution >= 4 is 5.91 Å². The van der Waals surface area contributed by atoms with Gasteiger partial charge in [-0.2, -0.15) is 0 Å². The van der Waals surface area contributed by atoms with Crippen LogP contribution >= 0.6 is 0 Å². The summed E-state index contributed by atoms with van der Waals surface area (Å²) in [6.07, 6.45) is 5.97. The number of carbonyl (C=O) groups is 1. The Hall–Kier alpha value is -2.29. The number of hydrogen-bond acceptors (Lipinski definition) is 2. The van der Waals surface area contributed by atoms with Gasteiger partial charge in [0, 0.05) is 12.1 Å². The summed E-state index contributed by atoms with van der Waals surface area (Å²) in [6.45, 7) is 3.44. The average molecular weight is 325 g/mol. The Morgan fingerprint density at radius 3 is 2.54 bits per heavy atom. The first-order valence-corrected chi connectivity index (χ1v) is 8.84. The molecule has 0 aliphatic rings. The lowest BCUT2D eigenvalue weighted by Crippen LogP contribution is -2.24. The van der Waals surface area contributed by atoms with Gasteiger partial charge in [-0.05, 0) is 30.2 Å². The van der Waals surface area contributed by atoms with Crippen molar-refractivity contribution in [3.63, 3.8) is 0 Å². The summed E-state index contributed by atoms with van der Waals surface area (Å²) in [6, 6.07) is 17.4. The SMILES string of the molecule is CCCCCCCNC(=O)c1cccc(OCc2ccccc2)c1. The van der Waals surface area contributed by atoms with Gasteiger partial charge in [0.2, 0.25) is 0 Å². The van der Waals surface area contributed by atoms with Crippen molar-refractivity contribution in [2.45, 2.75) is 45.6 Å². The maximum atomic E-state index is 12.2. The third kappa shape index (κ3) is 6.45. The lowest BCUT2D eigenvalue weighted by atomic mass is 10.1. The standard InChI is InChI=1S/C21H27NO2/c1-2-3-4-5-9-15-22-21(23)19-13-10-14-20(16-19)24-17-18-11-7-6-8-12-18/h6-8,10-14,16H,2-5,9,15,17H2,1H3,(H,22,23). The molecular formula is C21H27NO2. The van der Waals surface area contributed by atoms with Crippen LogP contribution in [0.25, 0.3) is 0 Å². The Kier molecular flexibility index (Phi) is 7.88. The van der Waals surface area contributed by atoms with Crippen LogP contribution in [0.2, 0.25) is 0 Å². The summed E-state index contributed by atoms with van der Waals surface area (Å²) in [5.74, 6) is 0.685. The quantitative estimate of drug-likeness (QED) is 0.627. The highest BCUT2D eigenvalue weighted by Gasteiger charge is 2.06. The molecule has 2 aromatic carbocycles. The summed E-state index contributed by atoms with van der Waals surface area (Å²) in [5, 5.41) is 2.98. The van der Waals surface area contributed by atoms with Crippen molar-refractivity contribution < 1.29 is 9.53 Å². The van der Waals surface area contributed by atoms with Gasteiger partial charge in [-0.3, -0.25) is 4.79 Å². The minimum atomic E-state index is -0.0318. The van der Waals surface area contributed by atoms with Gasteiger partial charge in [-0.25, -0.2) is 0 Å². The fourth-order valence-electron chi connectivity index (χ4n) is 2.50. The van der Waals surface area contributed by atoms with Crippen molar-refractivity contribution in [2.75, 3.05) is 6.54 Å². The van der Waals surface area contributed by atoms with Gasteiger partial charge in [0.25, 0.3) is 5.91 Å². The van der Waals surface area contributed by atoms with Crippen LogP contribution in [0, 0.1) is 0 Å². The van der Waals surface area contributed by atoms with Crippen LogP contribution < -0.4 is 10.1 Å². The van der Waals surface area contributed by atoms with Crippen LogP contribution in [-0.4, -0.2) is 12.5 Å². The molecule has 0 atom stereocenters. The lowest BCUT2D eigenvalue weighted by Gasteiger charge is -2.09. The highest BCUT2D eigenvalue weighted by atomic mass is 16.5. The number of ether oxygens (including phenoxy) is 1. The highest BCUT2D eigenvalue weighted by molar-refractivity contribution is 5.94. The molecule has 128 valence electrons. The molecule has 0 heterocycles. The van der Waals surface area contributed by atoms with Crippen molar-refractivity contribution in [3.05, 3.63) is 65.7 Å². The summed E-state index contributed by atoms with van der Waals surface area (Å²) in [5.41, 5.74) is 1.76. The predicted octanol–water partition coefficient (Wildman–Crippen LogP) is 4.97. The van der Waals surface area contributed by atoms with Crippen LogP contribution in [0.4, 0.5) is 0 Å². The van der Waals surface area contributed by atoms with Crippen LogP contribution in [0.3, 0.4) is 0 Å². The zero-order chi connectivity index (χ0) is 17.0. The molecule has 24 heavy (non-hydrogen) atoms. The normalized spacial score (nSPS) is 10.4. The molecule has 1 N–H and O–H groups in total. The van der Waals surface area contributed by atoms with Gasteiger partial charge in [0.1, 0.15) is 12.4 Å². The second kappa shape index (κ2) is 10.5. The fourth-order valence-corrected chi connectivity index (χ4v) is 2.50. The van der Waals surface area contributed by atoms with E-state index in [0.717, 1.165) is 24.3 Å². The van der Waals surface area contributed by atoms with E-state index in [0.29, 0.717) is 12.2 Å². The topological polar surface area (TPSA) is 38.3 Å². The van der Waals surface area contributed by atoms with Gasteiger partial charge in [-0.15, -0.1) is 0 Å². The van der Waals surface area contributed by atoms with Crippen molar-refractivity contribution in [1.29, 1.82) is 0 Å². The molecule has 3 nitrogen and oxygen atoms in total. The molecule has 0 saturated heterocycles. The number of amides is 1. The monoisotopic (exact) mass is 325 g/mol. The van der Waals surface area contributed by atoms with E-state index in [-0.39, 0.29) is 5.91 Å². The summed E-state index contributed by atoms with van der Waals surface area (Å²) in [4.78, 5) is 12.2. The molecule has 0 bridgehead atoms. The molecule has 2 rings (SSSR count). The van der Waals surface area contributed by atoms with Gasteiger partial charge >= 0.3 is 0 Å². The third-order valence-corrected chi connectivity index (χ3v) is 3.91. The largest absolute Gasteiger partial charge is 0.489 e. The van der Waals surface area contributed by atoms with E-state index >= 15 is 0 Å². The van der Waals surface area contributed by atoms with E-state index in [2.05, 4.69) is 12.2 Å². The molecule has 0 aromatic heterocycles. The summed E-state index contributed by atoms with van der Waals surface area (Å²) >= 11 is 0. The van der Waals surface area contributed by atoms with Crippen molar-refractivity contribution in [1.82, 2.24) is 5.32 Å². The van der Waals surface area contributed by atoms with Crippen molar-refractivity contribution in [2.24, 2.45) is 0 Å². The number of nitrogens with one attached hydrogen (secondary N) is 1. The Balaban J connectivity index is 1.77. The number of carbonyl (C=O) groups excluding carboxylic acids is 1. The molecule has 3 heteroatoms. The Morgan fingerprint density at radius 1 is 0.958 bits per heavy atom. The van der Waals surface area contributed by atoms with E-state index in [1.165, 1.54) is 25.7 Å². The minimum Gasteiger partial charge on any atom is -0.489 e. The number of unbranched alkanes of at least 4 members (excludes halogenated alkanes) is 4. The maximum Gasteiger partial charge on any atom is 0.251 e. The van der Waals surface area contributed by atoms with Crippen LogP contribution in [0.1, 0.15) is 54.9 Å². The van der Waals surface area contributed by atoms with E-state index in [1.807, 2.05) is 48.5 Å². The predicted molar refractivity (Wildman–Crippen MR) is 98.3 cm³/mol. The molecule has 0 spiro atoms. The van der Waals surface area contributed by atoms with E-state index in [1.54, 1.807) is 6.07 Å². The fraction of sp³-hybridized carbons (Fsp3) is 0.381. The van der Waals surface area contributed by atoms with Gasteiger partial charge in [0.15, 0.2) is 0 Å². The molecule has 1 amide bonds. The number of benzene rings is 2. The zero-order valence-corrected chi connectivity index (χ0v) is 14.5. The Labute approximate surface area is 145 Å². The van der Waals surface area contributed by atoms with E-state index in [4.69, 9.17) is 4.74 Å². The first-order chi connectivity index (χ1) is 11.8. The van der Waals surface area contributed by atoms with E-state index < -0.39 is 0 Å². The Bertz CT molecular complexity index is 610. The van der Waals surface area contributed by atoms with Gasteiger partial charge in [0.05, 0.1) is 0 Å². The smallest absolute Gasteiger partial charge is 0.251 e. The average Bonchev–Trinajstić information content (AvgIpc) is 2.64.